The van der Waals surface area contributed by atoms with Crippen LogP contribution >= 0.6 is 0 Å². The van der Waals surface area contributed by atoms with Crippen LogP contribution in [0.25, 0.3) is 0 Å². The molecule has 0 aliphatic heterocycles. The van der Waals surface area contributed by atoms with Gasteiger partial charge < -0.3 is 10.6 Å². The molecule has 0 aliphatic carbocycles. The molecular formula is C13H12N4O2. The first kappa shape index (κ1) is 12.7. The Labute approximate surface area is 109 Å². The predicted octanol–water partition coefficient (Wildman–Crippen LogP) is 0.731. The number of carbonyl (C=O) groups excluding carboxylic acids is 2. The second-order valence-electron chi connectivity index (χ2n) is 3.73. The molecule has 2 aromatic heterocycles. The summed E-state index contributed by atoms with van der Waals surface area (Å²) < 4.78 is 0. The lowest BCUT2D eigenvalue weighted by atomic mass is 10.3. The van der Waals surface area contributed by atoms with E-state index >= 15 is 0 Å². The summed E-state index contributed by atoms with van der Waals surface area (Å²) in [5, 5.41) is 4.98. The van der Waals surface area contributed by atoms with Gasteiger partial charge in [0.2, 0.25) is 0 Å². The van der Waals surface area contributed by atoms with Crippen molar-refractivity contribution in [1.82, 2.24) is 15.3 Å². The fraction of sp³-hybridized carbons (Fsp3) is 0.0769. The molecule has 6 nitrogen and oxygen atoms in total. The third kappa shape index (κ3) is 3.88. The van der Waals surface area contributed by atoms with Crippen molar-refractivity contribution in [3.05, 3.63) is 54.6 Å². The van der Waals surface area contributed by atoms with Crippen molar-refractivity contribution in [1.29, 1.82) is 0 Å². The highest BCUT2D eigenvalue weighted by Crippen LogP contribution is 2.02. The smallest absolute Gasteiger partial charge is 0.313 e. The second-order valence-corrected chi connectivity index (χ2v) is 3.73. The Kier molecular flexibility index (Phi) is 4.17. The minimum Gasteiger partial charge on any atom is -0.344 e. The van der Waals surface area contributed by atoms with Crippen molar-refractivity contribution in [3.8, 4) is 0 Å². The van der Waals surface area contributed by atoms with Crippen molar-refractivity contribution in [2.45, 2.75) is 6.54 Å². The van der Waals surface area contributed by atoms with Crippen LogP contribution in [0, 0.1) is 0 Å². The van der Waals surface area contributed by atoms with E-state index in [0.29, 0.717) is 5.69 Å². The molecule has 0 saturated carbocycles. The van der Waals surface area contributed by atoms with Crippen LogP contribution in [-0.4, -0.2) is 21.8 Å². The third-order valence-electron chi connectivity index (χ3n) is 2.32. The Morgan fingerprint density at radius 1 is 1.00 bits per heavy atom. The molecule has 6 heteroatoms. The van der Waals surface area contributed by atoms with Gasteiger partial charge in [0.1, 0.15) is 0 Å². The molecule has 2 amide bonds. The summed E-state index contributed by atoms with van der Waals surface area (Å²) in [5.74, 6) is -1.41. The van der Waals surface area contributed by atoms with Gasteiger partial charge in [0.15, 0.2) is 0 Å². The van der Waals surface area contributed by atoms with Crippen LogP contribution in [0.5, 0.6) is 0 Å². The lowest BCUT2D eigenvalue weighted by Gasteiger charge is -2.06. The molecule has 0 radical (unpaired) electrons. The van der Waals surface area contributed by atoms with Crippen molar-refractivity contribution in [3.63, 3.8) is 0 Å². The van der Waals surface area contributed by atoms with Gasteiger partial charge in [-0.05, 0) is 23.8 Å². The summed E-state index contributed by atoms with van der Waals surface area (Å²) in [6.45, 7) is 0.260. The van der Waals surface area contributed by atoms with Crippen LogP contribution in [0.2, 0.25) is 0 Å². The largest absolute Gasteiger partial charge is 0.344 e. The van der Waals surface area contributed by atoms with Gasteiger partial charge in [0, 0.05) is 37.0 Å². The van der Waals surface area contributed by atoms with E-state index in [0.717, 1.165) is 5.56 Å². The third-order valence-corrected chi connectivity index (χ3v) is 2.32. The maximum Gasteiger partial charge on any atom is 0.313 e. The molecule has 0 atom stereocenters. The molecule has 0 spiro atoms. The van der Waals surface area contributed by atoms with Crippen LogP contribution in [0.3, 0.4) is 0 Å². The highest BCUT2D eigenvalue weighted by Gasteiger charge is 2.12. The van der Waals surface area contributed by atoms with Gasteiger partial charge in [0.05, 0.1) is 0 Å². The monoisotopic (exact) mass is 256 g/mol. The molecule has 2 N–H and O–H groups in total. The molecule has 0 aromatic carbocycles. The van der Waals surface area contributed by atoms with E-state index in [1.807, 2.05) is 6.07 Å². The summed E-state index contributed by atoms with van der Waals surface area (Å²) in [6.07, 6.45) is 6.33. The molecule has 19 heavy (non-hydrogen) atoms. The number of rotatable bonds is 3. The number of carbonyl (C=O) groups is 2. The molecule has 2 heterocycles. The number of anilines is 1. The fourth-order valence-electron chi connectivity index (χ4n) is 1.39. The zero-order valence-electron chi connectivity index (χ0n) is 10.0. The average Bonchev–Trinajstić information content (AvgIpc) is 2.47. The standard InChI is InChI=1S/C13H12N4O2/c18-12(16-9-10-2-1-5-15-8-10)13(19)17-11-3-6-14-7-4-11/h1-8H,9H2,(H,16,18)(H,14,17,19). The minimum absolute atomic E-state index is 0.260. The molecule has 0 aliphatic rings. The number of nitrogens with zero attached hydrogens (tertiary/aromatic N) is 2. The van der Waals surface area contributed by atoms with Gasteiger partial charge >= 0.3 is 11.8 Å². The Morgan fingerprint density at radius 2 is 1.79 bits per heavy atom. The van der Waals surface area contributed by atoms with E-state index in [1.54, 1.807) is 30.6 Å². The van der Waals surface area contributed by atoms with E-state index in [1.165, 1.54) is 12.4 Å². The van der Waals surface area contributed by atoms with Crippen molar-refractivity contribution >= 4 is 17.5 Å². The summed E-state index contributed by atoms with van der Waals surface area (Å²) in [4.78, 5) is 30.9. The molecule has 96 valence electrons. The van der Waals surface area contributed by atoms with Crippen LogP contribution in [0.4, 0.5) is 5.69 Å². The van der Waals surface area contributed by atoms with Gasteiger partial charge in [-0.2, -0.15) is 0 Å². The van der Waals surface area contributed by atoms with Gasteiger partial charge in [-0.3, -0.25) is 19.6 Å². The van der Waals surface area contributed by atoms with E-state index in [-0.39, 0.29) is 6.54 Å². The lowest BCUT2D eigenvalue weighted by molar-refractivity contribution is -0.136. The fourth-order valence-corrected chi connectivity index (χ4v) is 1.39. The summed E-state index contributed by atoms with van der Waals surface area (Å²) in [6, 6.07) is 6.78. The average molecular weight is 256 g/mol. The highest BCUT2D eigenvalue weighted by molar-refractivity contribution is 6.39. The molecule has 2 rings (SSSR count). The molecule has 0 bridgehead atoms. The Hall–Kier alpha value is -2.76. The van der Waals surface area contributed by atoms with Gasteiger partial charge in [-0.25, -0.2) is 0 Å². The summed E-state index contributed by atoms with van der Waals surface area (Å²) in [5.41, 5.74) is 1.35. The zero-order chi connectivity index (χ0) is 13.5. The van der Waals surface area contributed by atoms with Gasteiger partial charge in [-0.15, -0.1) is 0 Å². The van der Waals surface area contributed by atoms with Crippen molar-refractivity contribution in [2.24, 2.45) is 0 Å². The summed E-state index contributed by atoms with van der Waals surface area (Å²) >= 11 is 0. The number of hydrogen-bond acceptors (Lipinski definition) is 4. The number of amides is 2. The number of pyridine rings is 2. The quantitative estimate of drug-likeness (QED) is 0.793. The highest BCUT2D eigenvalue weighted by atomic mass is 16.2. The van der Waals surface area contributed by atoms with Crippen LogP contribution in [0.15, 0.2) is 49.1 Å². The molecule has 2 aromatic rings. The molecule has 0 fully saturated rings. The number of nitrogens with one attached hydrogen (secondary N) is 2. The van der Waals surface area contributed by atoms with Crippen molar-refractivity contribution < 1.29 is 9.59 Å². The lowest BCUT2D eigenvalue weighted by Crippen LogP contribution is -2.34. The Morgan fingerprint density at radius 3 is 2.47 bits per heavy atom. The summed E-state index contributed by atoms with van der Waals surface area (Å²) in [7, 11) is 0. The first-order valence-electron chi connectivity index (χ1n) is 5.64. The number of aromatic nitrogens is 2. The van der Waals surface area contributed by atoms with Crippen LogP contribution < -0.4 is 10.6 Å². The molecule has 0 unspecified atom stereocenters. The van der Waals surface area contributed by atoms with Crippen LogP contribution in [-0.2, 0) is 16.1 Å². The number of hydrogen-bond donors (Lipinski definition) is 2. The van der Waals surface area contributed by atoms with E-state index in [9.17, 15) is 9.59 Å². The minimum atomic E-state index is -0.713. The first-order valence-corrected chi connectivity index (χ1v) is 5.64. The van der Waals surface area contributed by atoms with E-state index in [2.05, 4.69) is 20.6 Å². The van der Waals surface area contributed by atoms with Gasteiger partial charge in [0.25, 0.3) is 0 Å². The van der Waals surface area contributed by atoms with Crippen LogP contribution in [0.1, 0.15) is 5.56 Å². The Bertz CT molecular complexity index is 557. The predicted molar refractivity (Wildman–Crippen MR) is 69.0 cm³/mol. The topological polar surface area (TPSA) is 84.0 Å². The maximum absolute atomic E-state index is 11.6. The second kappa shape index (κ2) is 6.25. The van der Waals surface area contributed by atoms with Crippen molar-refractivity contribution in [2.75, 3.05) is 5.32 Å². The van der Waals surface area contributed by atoms with Gasteiger partial charge in [-0.1, -0.05) is 6.07 Å². The normalized spacial score (nSPS) is 9.68. The molecular weight excluding hydrogens is 244 g/mol. The SMILES string of the molecule is O=C(NCc1cccnc1)C(=O)Nc1ccncc1. The van der Waals surface area contributed by atoms with E-state index in [4.69, 9.17) is 0 Å². The molecule has 0 saturated heterocycles. The first-order chi connectivity index (χ1) is 9.25. The Balaban J connectivity index is 1.85. The van der Waals surface area contributed by atoms with E-state index < -0.39 is 11.8 Å². The zero-order valence-corrected chi connectivity index (χ0v) is 10.0. The maximum atomic E-state index is 11.6.